The second-order valence-corrected chi connectivity index (χ2v) is 6.83. The lowest BCUT2D eigenvalue weighted by molar-refractivity contribution is -0.119. The van der Waals surface area contributed by atoms with Crippen molar-refractivity contribution in [2.75, 3.05) is 34.8 Å². The molecule has 1 saturated heterocycles. The van der Waals surface area contributed by atoms with Crippen molar-refractivity contribution >= 4 is 29.0 Å². The van der Waals surface area contributed by atoms with E-state index in [1.54, 1.807) is 0 Å². The molecule has 1 N–H and O–H groups in total. The molecule has 3 nitrogen and oxygen atoms in total. The molecule has 1 aromatic carbocycles. The van der Waals surface area contributed by atoms with Crippen molar-refractivity contribution in [3.8, 4) is 0 Å². The lowest BCUT2D eigenvalue weighted by Crippen LogP contribution is -2.33. The van der Waals surface area contributed by atoms with Gasteiger partial charge in [-0.05, 0) is 48.8 Å². The van der Waals surface area contributed by atoms with E-state index in [1.807, 2.05) is 28.8 Å². The first kappa shape index (κ1) is 13.8. The van der Waals surface area contributed by atoms with Gasteiger partial charge in [-0.2, -0.15) is 11.8 Å². The number of carbonyl (C=O) groups is 1. The summed E-state index contributed by atoms with van der Waals surface area (Å²) in [6.45, 7) is 1.78. The Kier molecular flexibility index (Phi) is 4.51. The zero-order valence-corrected chi connectivity index (χ0v) is 12.6. The number of hydrogen-bond acceptors (Lipinski definition) is 3. The first-order valence-electron chi connectivity index (χ1n) is 7.55. The minimum atomic E-state index is 0.304. The van der Waals surface area contributed by atoms with Gasteiger partial charge in [0.2, 0.25) is 5.91 Å². The van der Waals surface area contributed by atoms with E-state index < -0.39 is 0 Å². The molecule has 0 atom stereocenters. The smallest absolute Gasteiger partial charge is 0.227 e. The summed E-state index contributed by atoms with van der Waals surface area (Å²) in [5, 5.41) is 3.42. The lowest BCUT2D eigenvalue weighted by Gasteiger charge is -2.26. The number of nitrogens with one attached hydrogen (secondary N) is 1. The molecule has 108 valence electrons. The summed E-state index contributed by atoms with van der Waals surface area (Å²) in [4.78, 5) is 14.7. The van der Waals surface area contributed by atoms with Gasteiger partial charge in [0, 0.05) is 19.5 Å². The Labute approximate surface area is 125 Å². The Bertz CT molecular complexity index is 471. The molecule has 1 fully saturated rings. The fourth-order valence-electron chi connectivity index (χ4n) is 3.01. The van der Waals surface area contributed by atoms with Gasteiger partial charge in [0.15, 0.2) is 0 Å². The third-order valence-corrected chi connectivity index (χ3v) is 5.22. The fraction of sp³-hybridized carbons (Fsp3) is 0.562. The third kappa shape index (κ3) is 3.11. The quantitative estimate of drug-likeness (QED) is 0.906. The van der Waals surface area contributed by atoms with Crippen LogP contribution in [0.1, 0.15) is 25.7 Å². The van der Waals surface area contributed by atoms with E-state index in [0.717, 1.165) is 37.3 Å². The van der Waals surface area contributed by atoms with Gasteiger partial charge >= 0.3 is 0 Å². The van der Waals surface area contributed by atoms with Crippen molar-refractivity contribution in [2.45, 2.75) is 25.7 Å². The number of fused-ring (bicyclic) bond motifs is 1. The summed E-state index contributed by atoms with van der Waals surface area (Å²) < 4.78 is 0. The van der Waals surface area contributed by atoms with Crippen LogP contribution in [0.15, 0.2) is 24.3 Å². The Morgan fingerprint density at radius 3 is 2.95 bits per heavy atom. The van der Waals surface area contributed by atoms with Crippen LogP contribution in [0.4, 0.5) is 11.4 Å². The highest BCUT2D eigenvalue weighted by molar-refractivity contribution is 7.99. The monoisotopic (exact) mass is 290 g/mol. The Balaban J connectivity index is 1.73. The van der Waals surface area contributed by atoms with Crippen LogP contribution >= 0.6 is 11.8 Å². The van der Waals surface area contributed by atoms with Gasteiger partial charge in [-0.25, -0.2) is 0 Å². The van der Waals surface area contributed by atoms with E-state index in [0.29, 0.717) is 11.8 Å². The average Bonchev–Trinajstić information content (AvgIpc) is 2.70. The minimum Gasteiger partial charge on any atom is -0.383 e. The van der Waals surface area contributed by atoms with Crippen molar-refractivity contribution in [3.05, 3.63) is 24.3 Å². The SMILES string of the molecule is O=C(CC1CCSCC1)N1CCCNc2ccccc21. The molecule has 0 unspecified atom stereocenters. The second kappa shape index (κ2) is 6.53. The van der Waals surface area contributed by atoms with E-state index in [2.05, 4.69) is 17.4 Å². The molecule has 2 aliphatic rings. The fourth-order valence-corrected chi connectivity index (χ4v) is 4.21. The van der Waals surface area contributed by atoms with E-state index in [1.165, 1.54) is 24.3 Å². The molecule has 3 rings (SSSR count). The van der Waals surface area contributed by atoms with Crippen LogP contribution in [0.2, 0.25) is 0 Å². The number of thioether (sulfide) groups is 1. The second-order valence-electron chi connectivity index (χ2n) is 5.60. The standard InChI is InChI=1S/C16H22N2OS/c19-16(12-13-6-10-20-11-7-13)18-9-3-8-17-14-4-1-2-5-15(14)18/h1-2,4-5,13,17H,3,6-12H2. The summed E-state index contributed by atoms with van der Waals surface area (Å²) in [5.74, 6) is 3.33. The topological polar surface area (TPSA) is 32.3 Å². The van der Waals surface area contributed by atoms with Crippen molar-refractivity contribution < 1.29 is 4.79 Å². The summed E-state index contributed by atoms with van der Waals surface area (Å²) in [5.41, 5.74) is 2.15. The maximum absolute atomic E-state index is 12.7. The zero-order chi connectivity index (χ0) is 13.8. The van der Waals surface area contributed by atoms with E-state index >= 15 is 0 Å². The van der Waals surface area contributed by atoms with Crippen LogP contribution in [0.25, 0.3) is 0 Å². The molecule has 2 heterocycles. The van der Waals surface area contributed by atoms with Crippen LogP contribution in [0.5, 0.6) is 0 Å². The van der Waals surface area contributed by atoms with Crippen molar-refractivity contribution in [1.82, 2.24) is 0 Å². The highest BCUT2D eigenvalue weighted by Crippen LogP contribution is 2.31. The summed E-state index contributed by atoms with van der Waals surface area (Å²) in [6, 6.07) is 8.17. The third-order valence-electron chi connectivity index (χ3n) is 4.17. The molecule has 4 heteroatoms. The first-order chi connectivity index (χ1) is 9.84. The van der Waals surface area contributed by atoms with E-state index in [4.69, 9.17) is 0 Å². The molecule has 0 radical (unpaired) electrons. The molecule has 0 aliphatic carbocycles. The van der Waals surface area contributed by atoms with Gasteiger partial charge in [-0.3, -0.25) is 4.79 Å². The maximum Gasteiger partial charge on any atom is 0.227 e. The average molecular weight is 290 g/mol. The van der Waals surface area contributed by atoms with E-state index in [-0.39, 0.29) is 0 Å². The minimum absolute atomic E-state index is 0.304. The van der Waals surface area contributed by atoms with Gasteiger partial charge in [-0.1, -0.05) is 12.1 Å². The predicted octanol–water partition coefficient (Wildman–Crippen LogP) is 3.37. The molecule has 0 bridgehead atoms. The van der Waals surface area contributed by atoms with Gasteiger partial charge < -0.3 is 10.2 Å². The zero-order valence-electron chi connectivity index (χ0n) is 11.8. The molecule has 0 spiro atoms. The normalized spacial score (nSPS) is 19.9. The number of benzene rings is 1. The number of rotatable bonds is 2. The van der Waals surface area contributed by atoms with Gasteiger partial charge in [0.25, 0.3) is 0 Å². The van der Waals surface area contributed by atoms with Gasteiger partial charge in [0.05, 0.1) is 11.4 Å². The van der Waals surface area contributed by atoms with Crippen molar-refractivity contribution in [2.24, 2.45) is 5.92 Å². The molecule has 1 amide bonds. The number of hydrogen-bond donors (Lipinski definition) is 1. The van der Waals surface area contributed by atoms with Gasteiger partial charge in [0.1, 0.15) is 0 Å². The van der Waals surface area contributed by atoms with Crippen molar-refractivity contribution in [3.63, 3.8) is 0 Å². The summed E-state index contributed by atoms with van der Waals surface area (Å²) in [6.07, 6.45) is 4.13. The lowest BCUT2D eigenvalue weighted by atomic mass is 9.98. The van der Waals surface area contributed by atoms with Crippen LogP contribution in [-0.2, 0) is 4.79 Å². The number of carbonyl (C=O) groups excluding carboxylic acids is 1. The van der Waals surface area contributed by atoms with Crippen LogP contribution in [-0.4, -0.2) is 30.5 Å². The van der Waals surface area contributed by atoms with Crippen LogP contribution in [0.3, 0.4) is 0 Å². The highest BCUT2D eigenvalue weighted by atomic mass is 32.2. The summed E-state index contributed by atoms with van der Waals surface area (Å²) in [7, 11) is 0. The number of anilines is 2. The molecule has 1 aromatic rings. The number of nitrogens with zero attached hydrogens (tertiary/aromatic N) is 1. The highest BCUT2D eigenvalue weighted by Gasteiger charge is 2.24. The first-order valence-corrected chi connectivity index (χ1v) is 8.71. The number of amides is 1. The molecule has 0 aromatic heterocycles. The molecular weight excluding hydrogens is 268 g/mol. The van der Waals surface area contributed by atoms with Gasteiger partial charge in [-0.15, -0.1) is 0 Å². The van der Waals surface area contributed by atoms with Crippen molar-refractivity contribution in [1.29, 1.82) is 0 Å². The maximum atomic E-state index is 12.7. The van der Waals surface area contributed by atoms with Crippen LogP contribution in [0, 0.1) is 5.92 Å². The molecule has 0 saturated carbocycles. The molecular formula is C16H22N2OS. The molecule has 20 heavy (non-hydrogen) atoms. The Morgan fingerprint density at radius 1 is 1.30 bits per heavy atom. The molecule has 2 aliphatic heterocycles. The largest absolute Gasteiger partial charge is 0.383 e. The Morgan fingerprint density at radius 2 is 2.10 bits per heavy atom. The summed E-state index contributed by atoms with van der Waals surface area (Å²) >= 11 is 2.02. The van der Waals surface area contributed by atoms with Crippen LogP contribution < -0.4 is 10.2 Å². The Hall–Kier alpha value is -1.16. The predicted molar refractivity (Wildman–Crippen MR) is 86.6 cm³/mol. The number of para-hydroxylation sites is 2. The van der Waals surface area contributed by atoms with E-state index in [9.17, 15) is 4.79 Å².